The third-order valence-electron chi connectivity index (χ3n) is 3.03. The van der Waals surface area contributed by atoms with Crippen LogP contribution in [-0.4, -0.2) is 25.8 Å². The third-order valence-corrected chi connectivity index (χ3v) is 3.03. The molecule has 1 aromatic carbocycles. The maximum Gasteiger partial charge on any atom is 0.215 e. The number of carbonyl (C=O) groups excluding carboxylic acids is 1. The van der Waals surface area contributed by atoms with Gasteiger partial charge in [0.05, 0.1) is 0 Å². The maximum absolute atomic E-state index is 11.5. The SMILES string of the molecule is COC1(OC)C=CC(=O)C=C1/C=C/c1ccccc1. The van der Waals surface area contributed by atoms with Gasteiger partial charge in [0.1, 0.15) is 0 Å². The molecule has 2 rings (SSSR count). The molecule has 0 unspecified atom stereocenters. The summed E-state index contributed by atoms with van der Waals surface area (Å²) >= 11 is 0. The first-order chi connectivity index (χ1) is 9.20. The molecule has 3 nitrogen and oxygen atoms in total. The Hall–Kier alpha value is -1.97. The van der Waals surface area contributed by atoms with Crippen molar-refractivity contribution in [3.63, 3.8) is 0 Å². The van der Waals surface area contributed by atoms with Gasteiger partial charge in [-0.15, -0.1) is 0 Å². The molecule has 1 aliphatic carbocycles. The van der Waals surface area contributed by atoms with Crippen molar-refractivity contribution in [2.24, 2.45) is 0 Å². The first kappa shape index (κ1) is 13.5. The van der Waals surface area contributed by atoms with Gasteiger partial charge >= 0.3 is 0 Å². The molecule has 3 heteroatoms. The van der Waals surface area contributed by atoms with Gasteiger partial charge in [-0.2, -0.15) is 0 Å². The number of ketones is 1. The van der Waals surface area contributed by atoms with Crippen LogP contribution in [0.3, 0.4) is 0 Å². The fourth-order valence-corrected chi connectivity index (χ4v) is 1.96. The fourth-order valence-electron chi connectivity index (χ4n) is 1.96. The molecule has 0 saturated heterocycles. The number of allylic oxidation sites excluding steroid dienone is 2. The lowest BCUT2D eigenvalue weighted by Crippen LogP contribution is -2.35. The van der Waals surface area contributed by atoms with E-state index >= 15 is 0 Å². The minimum Gasteiger partial charge on any atom is -0.346 e. The Labute approximate surface area is 112 Å². The lowest BCUT2D eigenvalue weighted by molar-refractivity contribution is -0.142. The first-order valence-electron chi connectivity index (χ1n) is 5.99. The molecule has 0 amide bonds. The van der Waals surface area contributed by atoms with E-state index in [2.05, 4.69) is 0 Å². The highest BCUT2D eigenvalue weighted by Crippen LogP contribution is 2.28. The van der Waals surface area contributed by atoms with Crippen LogP contribution in [0.5, 0.6) is 0 Å². The quantitative estimate of drug-likeness (QED) is 0.777. The molecule has 1 aliphatic rings. The van der Waals surface area contributed by atoms with Crippen molar-refractivity contribution in [1.82, 2.24) is 0 Å². The summed E-state index contributed by atoms with van der Waals surface area (Å²) in [7, 11) is 3.10. The Bertz CT molecular complexity index is 534. The van der Waals surface area contributed by atoms with Gasteiger partial charge in [0.2, 0.25) is 5.79 Å². The highest BCUT2D eigenvalue weighted by atomic mass is 16.7. The molecule has 1 aromatic rings. The summed E-state index contributed by atoms with van der Waals surface area (Å²) in [6.45, 7) is 0. The Morgan fingerprint density at radius 2 is 1.74 bits per heavy atom. The topological polar surface area (TPSA) is 35.5 Å². The van der Waals surface area contributed by atoms with Crippen LogP contribution < -0.4 is 0 Å². The number of methoxy groups -OCH3 is 2. The predicted octanol–water partition coefficient (Wildman–Crippen LogP) is 2.75. The van der Waals surface area contributed by atoms with Gasteiger partial charge in [0, 0.05) is 19.8 Å². The fraction of sp³-hybridized carbons (Fsp3) is 0.188. The van der Waals surface area contributed by atoms with E-state index in [1.54, 1.807) is 20.3 Å². The van der Waals surface area contributed by atoms with Crippen molar-refractivity contribution in [1.29, 1.82) is 0 Å². The Kier molecular flexibility index (Phi) is 4.10. The molecule has 0 aromatic heterocycles. The number of rotatable bonds is 4. The van der Waals surface area contributed by atoms with Crippen molar-refractivity contribution >= 4 is 11.9 Å². The monoisotopic (exact) mass is 256 g/mol. The number of ether oxygens (including phenoxy) is 2. The highest BCUT2D eigenvalue weighted by molar-refractivity contribution is 6.01. The average molecular weight is 256 g/mol. The largest absolute Gasteiger partial charge is 0.346 e. The lowest BCUT2D eigenvalue weighted by atomic mass is 9.97. The van der Waals surface area contributed by atoms with E-state index < -0.39 is 5.79 Å². The van der Waals surface area contributed by atoms with Crippen molar-refractivity contribution in [2.45, 2.75) is 5.79 Å². The van der Waals surface area contributed by atoms with E-state index in [0.29, 0.717) is 5.57 Å². The summed E-state index contributed by atoms with van der Waals surface area (Å²) in [6, 6.07) is 9.84. The van der Waals surface area contributed by atoms with Gasteiger partial charge in [-0.3, -0.25) is 4.79 Å². The van der Waals surface area contributed by atoms with Crippen molar-refractivity contribution in [3.8, 4) is 0 Å². The molecular weight excluding hydrogens is 240 g/mol. The van der Waals surface area contributed by atoms with E-state index in [1.165, 1.54) is 12.2 Å². The van der Waals surface area contributed by atoms with Crippen LogP contribution in [0.4, 0.5) is 0 Å². The average Bonchev–Trinajstić information content (AvgIpc) is 2.47. The predicted molar refractivity (Wildman–Crippen MR) is 74.5 cm³/mol. The highest BCUT2D eigenvalue weighted by Gasteiger charge is 2.33. The summed E-state index contributed by atoms with van der Waals surface area (Å²) in [5.41, 5.74) is 1.72. The maximum atomic E-state index is 11.5. The molecule has 0 radical (unpaired) electrons. The van der Waals surface area contributed by atoms with Crippen LogP contribution in [0.1, 0.15) is 5.56 Å². The summed E-state index contributed by atoms with van der Waals surface area (Å²) in [4.78, 5) is 11.5. The normalized spacial score (nSPS) is 17.8. The van der Waals surface area contributed by atoms with Crippen molar-refractivity contribution < 1.29 is 14.3 Å². The summed E-state index contributed by atoms with van der Waals surface area (Å²) in [5, 5.41) is 0. The molecule has 0 fully saturated rings. The number of hydrogen-bond acceptors (Lipinski definition) is 3. The number of carbonyl (C=O) groups is 1. The second kappa shape index (κ2) is 5.78. The molecule has 19 heavy (non-hydrogen) atoms. The first-order valence-corrected chi connectivity index (χ1v) is 5.99. The van der Waals surface area contributed by atoms with E-state index in [4.69, 9.17) is 9.47 Å². The van der Waals surface area contributed by atoms with Crippen molar-refractivity contribution in [3.05, 3.63) is 65.8 Å². The molecule has 0 N–H and O–H groups in total. The van der Waals surface area contributed by atoms with Crippen LogP contribution >= 0.6 is 0 Å². The van der Waals surface area contributed by atoms with Gasteiger partial charge in [-0.1, -0.05) is 42.5 Å². The smallest absolute Gasteiger partial charge is 0.215 e. The Morgan fingerprint density at radius 3 is 2.37 bits per heavy atom. The second-order valence-corrected chi connectivity index (χ2v) is 4.16. The summed E-state index contributed by atoms with van der Waals surface area (Å²) < 4.78 is 10.8. The van der Waals surface area contributed by atoms with Gasteiger partial charge in [-0.25, -0.2) is 0 Å². The van der Waals surface area contributed by atoms with Gasteiger partial charge < -0.3 is 9.47 Å². The minimum absolute atomic E-state index is 0.0718. The molecule has 0 heterocycles. The second-order valence-electron chi connectivity index (χ2n) is 4.16. The van der Waals surface area contributed by atoms with Gasteiger partial charge in [-0.05, 0) is 23.8 Å². The summed E-state index contributed by atoms with van der Waals surface area (Å²) in [6.07, 6.45) is 8.36. The van der Waals surface area contributed by atoms with Crippen LogP contribution in [0.25, 0.3) is 6.08 Å². The van der Waals surface area contributed by atoms with E-state index in [-0.39, 0.29) is 5.78 Å². The molecule has 0 atom stereocenters. The summed E-state index contributed by atoms with van der Waals surface area (Å²) in [5.74, 6) is -1.06. The van der Waals surface area contributed by atoms with Crippen molar-refractivity contribution in [2.75, 3.05) is 14.2 Å². The zero-order valence-corrected chi connectivity index (χ0v) is 11.0. The van der Waals surface area contributed by atoms with Gasteiger partial charge in [0.15, 0.2) is 5.78 Å². The lowest BCUT2D eigenvalue weighted by Gasteiger charge is -2.30. The van der Waals surface area contributed by atoms with E-state index in [0.717, 1.165) is 5.56 Å². The number of benzene rings is 1. The number of hydrogen-bond donors (Lipinski definition) is 0. The zero-order valence-electron chi connectivity index (χ0n) is 11.0. The molecular formula is C16H16O3. The Balaban J connectivity index is 2.30. The molecule has 0 saturated carbocycles. The van der Waals surface area contributed by atoms with Gasteiger partial charge in [0.25, 0.3) is 0 Å². The van der Waals surface area contributed by atoms with Crippen LogP contribution in [-0.2, 0) is 14.3 Å². The third kappa shape index (κ3) is 2.89. The molecule has 0 spiro atoms. The standard InChI is InChI=1S/C16H16O3/c1-18-16(19-2)11-10-15(17)12-14(16)9-8-13-6-4-3-5-7-13/h3-12H,1-2H3/b9-8+. The molecule has 0 bridgehead atoms. The Morgan fingerprint density at radius 1 is 1.05 bits per heavy atom. The van der Waals surface area contributed by atoms with Crippen LogP contribution in [0.2, 0.25) is 0 Å². The van der Waals surface area contributed by atoms with Crippen LogP contribution in [0.15, 0.2) is 60.2 Å². The molecule has 98 valence electrons. The van der Waals surface area contributed by atoms with E-state index in [9.17, 15) is 4.79 Å². The zero-order chi connectivity index (χ0) is 13.7. The van der Waals surface area contributed by atoms with Crippen LogP contribution in [0, 0.1) is 0 Å². The van der Waals surface area contributed by atoms with E-state index in [1.807, 2.05) is 42.5 Å². The molecule has 0 aliphatic heterocycles. The minimum atomic E-state index is -0.987.